The summed E-state index contributed by atoms with van der Waals surface area (Å²) in [5.41, 5.74) is 2.66. The van der Waals surface area contributed by atoms with Gasteiger partial charge in [-0.2, -0.15) is 0 Å². The predicted octanol–water partition coefficient (Wildman–Crippen LogP) is 3.17. The molecule has 0 radical (unpaired) electrons. The van der Waals surface area contributed by atoms with Crippen molar-refractivity contribution >= 4 is 29.9 Å². The molecule has 1 aliphatic heterocycles. The van der Waals surface area contributed by atoms with Crippen molar-refractivity contribution in [3.05, 3.63) is 35.4 Å². The van der Waals surface area contributed by atoms with Crippen LogP contribution in [-0.4, -0.2) is 75.8 Å². The number of hydrogen-bond acceptors (Lipinski definition) is 4. The summed E-state index contributed by atoms with van der Waals surface area (Å²) in [5, 5.41) is 6.74. The van der Waals surface area contributed by atoms with E-state index in [1.807, 2.05) is 7.05 Å². The van der Waals surface area contributed by atoms with Crippen LogP contribution in [0.2, 0.25) is 0 Å². The molecule has 1 heterocycles. The Morgan fingerprint density at radius 2 is 1.80 bits per heavy atom. The molecule has 2 rings (SSSR count). The Balaban J connectivity index is 0.00000450. The van der Waals surface area contributed by atoms with E-state index in [4.69, 9.17) is 4.74 Å². The van der Waals surface area contributed by atoms with Gasteiger partial charge in [-0.05, 0) is 50.0 Å². The van der Waals surface area contributed by atoms with Crippen LogP contribution >= 0.6 is 24.0 Å². The van der Waals surface area contributed by atoms with Crippen molar-refractivity contribution in [2.45, 2.75) is 39.8 Å². The van der Waals surface area contributed by atoms with Crippen molar-refractivity contribution in [2.24, 2.45) is 10.9 Å². The molecule has 0 bridgehead atoms. The zero-order valence-corrected chi connectivity index (χ0v) is 21.7. The number of halogens is 1. The lowest BCUT2D eigenvalue weighted by atomic mass is 10.1. The molecule has 0 aliphatic carbocycles. The molecule has 0 atom stereocenters. The summed E-state index contributed by atoms with van der Waals surface area (Å²) in [7, 11) is 4.03. The summed E-state index contributed by atoms with van der Waals surface area (Å²) in [5.74, 6) is 1.43. The maximum atomic E-state index is 5.61. The van der Waals surface area contributed by atoms with Crippen LogP contribution < -0.4 is 10.6 Å². The summed E-state index contributed by atoms with van der Waals surface area (Å²) in [6.45, 7) is 13.4. The van der Waals surface area contributed by atoms with Crippen molar-refractivity contribution < 1.29 is 4.74 Å². The number of guanidine groups is 1. The number of nitrogens with one attached hydrogen (secondary N) is 2. The minimum absolute atomic E-state index is 0. The molecular weight excluding hydrogens is 489 g/mol. The maximum Gasteiger partial charge on any atom is 0.191 e. The average molecular weight is 532 g/mol. The molecule has 0 spiro atoms. The summed E-state index contributed by atoms with van der Waals surface area (Å²) < 4.78 is 5.61. The van der Waals surface area contributed by atoms with E-state index in [-0.39, 0.29) is 24.0 Å². The van der Waals surface area contributed by atoms with Gasteiger partial charge in [0.2, 0.25) is 0 Å². The van der Waals surface area contributed by atoms with Crippen LogP contribution in [0.15, 0.2) is 29.3 Å². The Bertz CT molecular complexity index is 594. The number of hydrogen-bond donors (Lipinski definition) is 2. The van der Waals surface area contributed by atoms with Gasteiger partial charge in [-0.25, -0.2) is 0 Å². The molecule has 0 unspecified atom stereocenters. The zero-order chi connectivity index (χ0) is 20.9. The number of aliphatic imine (C=N–C) groups is 1. The number of nitrogens with zero attached hydrogens (tertiary/aromatic N) is 3. The standard InChI is InChI=1S/C23H41N5O.HI/c1-20(2)19-29-16-5-11-25-23(24-3)26-17-21-7-9-22(10-8-21)18-28-13-6-12-27(4)14-15-28;/h7-10,20H,5-6,11-19H2,1-4H3,(H2,24,25,26);1H. The monoisotopic (exact) mass is 531 g/mol. The minimum atomic E-state index is 0. The second-order valence-corrected chi connectivity index (χ2v) is 8.42. The van der Waals surface area contributed by atoms with Gasteiger partial charge in [-0.1, -0.05) is 38.1 Å². The first-order valence-electron chi connectivity index (χ1n) is 11.1. The lowest BCUT2D eigenvalue weighted by Crippen LogP contribution is -2.37. The Morgan fingerprint density at radius 3 is 2.50 bits per heavy atom. The van der Waals surface area contributed by atoms with E-state index in [2.05, 4.69) is 70.6 Å². The first kappa shape index (κ1) is 27.1. The maximum absolute atomic E-state index is 5.61. The Kier molecular flexibility index (Phi) is 14.3. The van der Waals surface area contributed by atoms with E-state index in [0.717, 1.165) is 58.3 Å². The highest BCUT2D eigenvalue weighted by Gasteiger charge is 2.12. The van der Waals surface area contributed by atoms with Gasteiger partial charge in [0.1, 0.15) is 0 Å². The summed E-state index contributed by atoms with van der Waals surface area (Å²) in [6, 6.07) is 8.96. The normalized spacial score (nSPS) is 16.2. The molecule has 0 aromatic heterocycles. The number of rotatable bonds is 10. The fourth-order valence-corrected chi connectivity index (χ4v) is 3.39. The molecule has 1 aromatic rings. The highest BCUT2D eigenvalue weighted by atomic mass is 127. The van der Waals surface area contributed by atoms with Crippen LogP contribution in [0.25, 0.3) is 0 Å². The third kappa shape index (κ3) is 11.5. The lowest BCUT2D eigenvalue weighted by molar-refractivity contribution is 0.108. The van der Waals surface area contributed by atoms with Gasteiger partial charge >= 0.3 is 0 Å². The van der Waals surface area contributed by atoms with Gasteiger partial charge in [0, 0.05) is 53.0 Å². The topological polar surface area (TPSA) is 52.1 Å². The zero-order valence-electron chi connectivity index (χ0n) is 19.3. The second kappa shape index (κ2) is 15.8. The molecule has 172 valence electrons. The number of benzene rings is 1. The summed E-state index contributed by atoms with van der Waals surface area (Å²) >= 11 is 0. The third-order valence-electron chi connectivity index (χ3n) is 5.13. The van der Waals surface area contributed by atoms with Crippen LogP contribution in [0.3, 0.4) is 0 Å². The van der Waals surface area contributed by atoms with Crippen LogP contribution in [0.5, 0.6) is 0 Å². The molecule has 7 heteroatoms. The first-order chi connectivity index (χ1) is 14.1. The van der Waals surface area contributed by atoms with Crippen LogP contribution in [0.4, 0.5) is 0 Å². The molecule has 0 saturated carbocycles. The molecule has 6 nitrogen and oxygen atoms in total. The molecule has 1 fully saturated rings. The van der Waals surface area contributed by atoms with E-state index >= 15 is 0 Å². The van der Waals surface area contributed by atoms with Crippen molar-refractivity contribution in [2.75, 3.05) is 60.0 Å². The van der Waals surface area contributed by atoms with Crippen molar-refractivity contribution in [3.8, 4) is 0 Å². The van der Waals surface area contributed by atoms with E-state index in [1.54, 1.807) is 0 Å². The van der Waals surface area contributed by atoms with Crippen molar-refractivity contribution in [1.29, 1.82) is 0 Å². The lowest BCUT2D eigenvalue weighted by Gasteiger charge is -2.20. The molecule has 2 N–H and O–H groups in total. The quantitative estimate of drug-likeness (QED) is 0.210. The summed E-state index contributed by atoms with van der Waals surface area (Å²) in [4.78, 5) is 9.29. The van der Waals surface area contributed by atoms with Gasteiger partial charge in [0.05, 0.1) is 0 Å². The number of ether oxygens (including phenoxy) is 1. The van der Waals surface area contributed by atoms with Gasteiger partial charge in [-0.15, -0.1) is 24.0 Å². The third-order valence-corrected chi connectivity index (χ3v) is 5.13. The Morgan fingerprint density at radius 1 is 1.07 bits per heavy atom. The highest BCUT2D eigenvalue weighted by Crippen LogP contribution is 2.10. The fraction of sp³-hybridized carbons (Fsp3) is 0.696. The van der Waals surface area contributed by atoms with E-state index in [9.17, 15) is 0 Å². The predicted molar refractivity (Wildman–Crippen MR) is 138 cm³/mol. The highest BCUT2D eigenvalue weighted by molar-refractivity contribution is 14.0. The van der Waals surface area contributed by atoms with Crippen molar-refractivity contribution in [3.63, 3.8) is 0 Å². The van der Waals surface area contributed by atoms with Crippen LogP contribution in [0.1, 0.15) is 37.8 Å². The van der Waals surface area contributed by atoms with E-state index in [0.29, 0.717) is 5.92 Å². The average Bonchev–Trinajstić information content (AvgIpc) is 2.92. The molecule has 0 amide bonds. The molecule has 1 aliphatic rings. The fourth-order valence-electron chi connectivity index (χ4n) is 3.39. The Labute approximate surface area is 200 Å². The largest absolute Gasteiger partial charge is 0.381 e. The Hall–Kier alpha value is -0.900. The van der Waals surface area contributed by atoms with Crippen LogP contribution in [-0.2, 0) is 17.8 Å². The minimum Gasteiger partial charge on any atom is -0.381 e. The number of likely N-dealkylation sites (N-methyl/N-ethyl adjacent to an activating group) is 1. The molecule has 1 saturated heterocycles. The van der Waals surface area contributed by atoms with Gasteiger partial charge in [0.25, 0.3) is 0 Å². The molecule has 1 aromatic carbocycles. The first-order valence-corrected chi connectivity index (χ1v) is 11.1. The molecular formula is C23H42IN5O. The van der Waals surface area contributed by atoms with Crippen molar-refractivity contribution in [1.82, 2.24) is 20.4 Å². The van der Waals surface area contributed by atoms with Gasteiger partial charge in [-0.3, -0.25) is 9.89 Å². The van der Waals surface area contributed by atoms with E-state index < -0.39 is 0 Å². The van der Waals surface area contributed by atoms with Gasteiger partial charge in [0.15, 0.2) is 5.96 Å². The molecule has 30 heavy (non-hydrogen) atoms. The summed E-state index contributed by atoms with van der Waals surface area (Å²) in [6.07, 6.45) is 2.24. The second-order valence-electron chi connectivity index (χ2n) is 8.42. The van der Waals surface area contributed by atoms with Crippen LogP contribution in [0, 0.1) is 5.92 Å². The SMILES string of the molecule is CN=C(NCCCOCC(C)C)NCc1ccc(CN2CCCN(C)CC2)cc1.I. The van der Waals surface area contributed by atoms with E-state index in [1.165, 1.54) is 30.6 Å². The smallest absolute Gasteiger partial charge is 0.191 e. The van der Waals surface area contributed by atoms with Gasteiger partial charge < -0.3 is 20.3 Å².